The lowest BCUT2D eigenvalue weighted by atomic mass is 9.87. The molecule has 1 saturated carbocycles. The first-order valence-corrected chi connectivity index (χ1v) is 6.53. The second kappa shape index (κ2) is 5.00. The summed E-state index contributed by atoms with van der Waals surface area (Å²) in [5.41, 5.74) is 0. The van der Waals surface area contributed by atoms with Gasteiger partial charge in [0.25, 0.3) is 0 Å². The minimum absolute atomic E-state index is 0.422. The summed E-state index contributed by atoms with van der Waals surface area (Å²) in [6.45, 7) is 4.26. The van der Waals surface area contributed by atoms with Gasteiger partial charge in [0.15, 0.2) is 0 Å². The predicted molar refractivity (Wildman–Crippen MR) is 61.6 cm³/mol. The van der Waals surface area contributed by atoms with Crippen molar-refractivity contribution in [3.05, 3.63) is 0 Å². The molecule has 2 fully saturated rings. The zero-order valence-corrected chi connectivity index (χ0v) is 9.87. The number of likely N-dealkylation sites (tertiary alicyclic amines) is 1. The van der Waals surface area contributed by atoms with Crippen LogP contribution in [-0.4, -0.2) is 23.9 Å². The largest absolute Gasteiger partial charge is 0.342 e. The molecule has 1 atom stereocenters. The van der Waals surface area contributed by atoms with E-state index in [0.717, 1.165) is 25.4 Å². The van der Waals surface area contributed by atoms with E-state index in [4.69, 9.17) is 0 Å². The first-order valence-electron chi connectivity index (χ1n) is 6.53. The van der Waals surface area contributed by atoms with Crippen molar-refractivity contribution in [2.45, 2.75) is 51.9 Å². The van der Waals surface area contributed by atoms with E-state index >= 15 is 0 Å². The molecule has 2 nitrogen and oxygen atoms in total. The van der Waals surface area contributed by atoms with Crippen LogP contribution in [0, 0.1) is 11.8 Å². The molecule has 0 N–H and O–H groups in total. The monoisotopic (exact) mass is 209 g/mol. The van der Waals surface area contributed by atoms with E-state index in [-0.39, 0.29) is 0 Å². The van der Waals surface area contributed by atoms with Crippen LogP contribution in [0.4, 0.5) is 0 Å². The fourth-order valence-corrected chi connectivity index (χ4v) is 2.93. The lowest BCUT2D eigenvalue weighted by molar-refractivity contribution is -0.131. The van der Waals surface area contributed by atoms with Gasteiger partial charge in [0.1, 0.15) is 0 Å². The van der Waals surface area contributed by atoms with Gasteiger partial charge in [-0.1, -0.05) is 26.2 Å². The van der Waals surface area contributed by atoms with Crippen molar-refractivity contribution in [3.63, 3.8) is 0 Å². The Morgan fingerprint density at radius 3 is 2.53 bits per heavy atom. The van der Waals surface area contributed by atoms with Gasteiger partial charge in [-0.15, -0.1) is 0 Å². The van der Waals surface area contributed by atoms with Gasteiger partial charge in [0.05, 0.1) is 0 Å². The third kappa shape index (κ3) is 2.96. The molecule has 0 unspecified atom stereocenters. The minimum Gasteiger partial charge on any atom is -0.342 e. The molecule has 2 aliphatic rings. The molecule has 2 heteroatoms. The lowest BCUT2D eigenvalue weighted by Gasteiger charge is -2.24. The van der Waals surface area contributed by atoms with E-state index in [1.807, 2.05) is 0 Å². The van der Waals surface area contributed by atoms with E-state index in [1.165, 1.54) is 38.5 Å². The smallest absolute Gasteiger partial charge is 0.222 e. The first-order chi connectivity index (χ1) is 7.25. The van der Waals surface area contributed by atoms with Crippen molar-refractivity contribution in [2.75, 3.05) is 13.1 Å². The first kappa shape index (κ1) is 11.0. The molecular formula is C13H23NO. The Labute approximate surface area is 93.0 Å². The minimum atomic E-state index is 0.422. The fraction of sp³-hybridized carbons (Fsp3) is 0.923. The van der Waals surface area contributed by atoms with E-state index in [1.54, 1.807) is 0 Å². The van der Waals surface area contributed by atoms with Crippen LogP contribution in [-0.2, 0) is 4.79 Å². The summed E-state index contributed by atoms with van der Waals surface area (Å²) in [6.07, 6.45) is 8.67. The van der Waals surface area contributed by atoms with E-state index in [2.05, 4.69) is 11.8 Å². The molecule has 15 heavy (non-hydrogen) atoms. The summed E-state index contributed by atoms with van der Waals surface area (Å²) < 4.78 is 0. The SMILES string of the molecule is C[C@H]1CCN(C(=O)CC2CCCCC2)C1. The van der Waals surface area contributed by atoms with Crippen LogP contribution in [0.3, 0.4) is 0 Å². The average Bonchev–Trinajstić information content (AvgIpc) is 2.66. The molecule has 0 aromatic rings. The molecule has 1 amide bonds. The second-order valence-corrected chi connectivity index (χ2v) is 5.44. The van der Waals surface area contributed by atoms with E-state index < -0.39 is 0 Å². The zero-order chi connectivity index (χ0) is 10.7. The Kier molecular flexibility index (Phi) is 3.66. The Balaban J connectivity index is 1.76. The quantitative estimate of drug-likeness (QED) is 0.685. The third-order valence-electron chi connectivity index (χ3n) is 3.96. The maximum atomic E-state index is 12.0. The molecule has 0 radical (unpaired) electrons. The van der Waals surface area contributed by atoms with Crippen LogP contribution < -0.4 is 0 Å². The van der Waals surface area contributed by atoms with Gasteiger partial charge in [-0.2, -0.15) is 0 Å². The van der Waals surface area contributed by atoms with Crippen LogP contribution in [0.15, 0.2) is 0 Å². The van der Waals surface area contributed by atoms with Crippen LogP contribution in [0.1, 0.15) is 51.9 Å². The molecule has 1 heterocycles. The molecule has 1 aliphatic carbocycles. The molecular weight excluding hydrogens is 186 g/mol. The number of rotatable bonds is 2. The highest BCUT2D eigenvalue weighted by atomic mass is 16.2. The van der Waals surface area contributed by atoms with Gasteiger partial charge >= 0.3 is 0 Å². The Bertz CT molecular complexity index is 221. The van der Waals surface area contributed by atoms with Crippen LogP contribution in [0.2, 0.25) is 0 Å². The topological polar surface area (TPSA) is 20.3 Å². The Hall–Kier alpha value is -0.530. The van der Waals surface area contributed by atoms with Gasteiger partial charge in [0, 0.05) is 19.5 Å². The molecule has 0 aromatic carbocycles. The van der Waals surface area contributed by atoms with Crippen LogP contribution in [0.25, 0.3) is 0 Å². The van der Waals surface area contributed by atoms with Crippen molar-refractivity contribution < 1.29 is 4.79 Å². The van der Waals surface area contributed by atoms with Crippen molar-refractivity contribution >= 4 is 5.91 Å². The van der Waals surface area contributed by atoms with Gasteiger partial charge in [-0.3, -0.25) is 4.79 Å². The number of carbonyl (C=O) groups excluding carboxylic acids is 1. The summed E-state index contributed by atoms with van der Waals surface area (Å²) in [7, 11) is 0. The van der Waals surface area contributed by atoms with Gasteiger partial charge in [0.2, 0.25) is 5.91 Å². The van der Waals surface area contributed by atoms with Crippen LogP contribution >= 0.6 is 0 Å². The van der Waals surface area contributed by atoms with Crippen molar-refractivity contribution in [3.8, 4) is 0 Å². The number of carbonyl (C=O) groups is 1. The summed E-state index contributed by atoms with van der Waals surface area (Å²) in [4.78, 5) is 14.1. The van der Waals surface area contributed by atoms with Crippen molar-refractivity contribution in [1.29, 1.82) is 0 Å². The van der Waals surface area contributed by atoms with Gasteiger partial charge < -0.3 is 4.90 Å². The summed E-state index contributed by atoms with van der Waals surface area (Å²) >= 11 is 0. The van der Waals surface area contributed by atoms with E-state index in [9.17, 15) is 4.79 Å². The van der Waals surface area contributed by atoms with Crippen molar-refractivity contribution in [1.82, 2.24) is 4.90 Å². The Morgan fingerprint density at radius 1 is 1.20 bits per heavy atom. The maximum Gasteiger partial charge on any atom is 0.222 e. The number of nitrogens with zero attached hydrogens (tertiary/aromatic N) is 1. The van der Waals surface area contributed by atoms with Gasteiger partial charge in [-0.25, -0.2) is 0 Å². The molecule has 86 valence electrons. The highest BCUT2D eigenvalue weighted by molar-refractivity contribution is 5.76. The molecule has 0 spiro atoms. The molecule has 1 saturated heterocycles. The second-order valence-electron chi connectivity index (χ2n) is 5.44. The van der Waals surface area contributed by atoms with Crippen molar-refractivity contribution in [2.24, 2.45) is 11.8 Å². The maximum absolute atomic E-state index is 12.0. The fourth-order valence-electron chi connectivity index (χ4n) is 2.93. The number of hydrogen-bond acceptors (Lipinski definition) is 1. The normalized spacial score (nSPS) is 28.3. The number of hydrogen-bond donors (Lipinski definition) is 0. The summed E-state index contributed by atoms with van der Waals surface area (Å²) in [5, 5.41) is 0. The summed E-state index contributed by atoms with van der Waals surface area (Å²) in [6, 6.07) is 0. The highest BCUT2D eigenvalue weighted by Gasteiger charge is 2.25. The Morgan fingerprint density at radius 2 is 1.93 bits per heavy atom. The lowest BCUT2D eigenvalue weighted by Crippen LogP contribution is -2.30. The molecule has 1 aliphatic heterocycles. The predicted octanol–water partition coefficient (Wildman–Crippen LogP) is 2.83. The molecule has 0 aromatic heterocycles. The average molecular weight is 209 g/mol. The molecule has 0 bridgehead atoms. The number of amides is 1. The standard InChI is InChI=1S/C13H23NO/c1-11-7-8-14(10-11)13(15)9-12-5-3-2-4-6-12/h11-12H,2-10H2,1H3/t11-/m0/s1. The third-order valence-corrected chi connectivity index (χ3v) is 3.96. The zero-order valence-electron chi connectivity index (χ0n) is 9.87. The van der Waals surface area contributed by atoms with Crippen LogP contribution in [0.5, 0.6) is 0 Å². The van der Waals surface area contributed by atoms with Gasteiger partial charge in [-0.05, 0) is 31.1 Å². The van der Waals surface area contributed by atoms with E-state index in [0.29, 0.717) is 11.8 Å². The summed E-state index contributed by atoms with van der Waals surface area (Å²) in [5.74, 6) is 1.84. The highest BCUT2D eigenvalue weighted by Crippen LogP contribution is 2.27. The molecule has 2 rings (SSSR count).